The first-order valence-corrected chi connectivity index (χ1v) is 30.3. The largest absolute Gasteiger partial charge is 0.448 e. The maximum Gasteiger partial charge on any atom is 0.277 e. The zero-order valence-electron chi connectivity index (χ0n) is 52.5. The minimum absolute atomic E-state index is 0.0467. The van der Waals surface area contributed by atoms with Crippen LogP contribution in [0.3, 0.4) is 0 Å². The molecular formula is C60H102N12O11. The van der Waals surface area contributed by atoms with E-state index >= 15 is 0 Å². The molecule has 9 N–H and O–H groups in total. The van der Waals surface area contributed by atoms with Gasteiger partial charge in [-0.05, 0) is 144 Å². The molecule has 0 aromatic carbocycles. The van der Waals surface area contributed by atoms with E-state index < -0.39 is 100.0 Å². The smallest absolute Gasteiger partial charge is 0.277 e. The molecule has 1 saturated heterocycles. The number of carbonyl (C=O) groups excluding carboxylic acids is 10. The van der Waals surface area contributed by atoms with E-state index in [-0.39, 0.29) is 73.5 Å². The topological polar surface area (TPSA) is 311 Å². The fourth-order valence-electron chi connectivity index (χ4n) is 11.1. The van der Waals surface area contributed by atoms with Crippen molar-refractivity contribution in [3.05, 3.63) is 17.8 Å². The summed E-state index contributed by atoms with van der Waals surface area (Å²) in [7, 11) is 3.91. The maximum absolute atomic E-state index is 14.4. The van der Waals surface area contributed by atoms with Crippen molar-refractivity contribution in [1.82, 2.24) is 62.6 Å². The molecule has 0 bridgehead atoms. The van der Waals surface area contributed by atoms with Crippen molar-refractivity contribution in [3.8, 4) is 0 Å². The third kappa shape index (κ3) is 21.5. The van der Waals surface area contributed by atoms with Crippen LogP contribution in [0.15, 0.2) is 10.7 Å². The maximum atomic E-state index is 14.4. The summed E-state index contributed by atoms with van der Waals surface area (Å²) in [6.07, 6.45) is 11.1. The molecule has 0 radical (unpaired) electrons. The van der Waals surface area contributed by atoms with E-state index in [2.05, 4.69) is 52.8 Å². The number of rotatable bonds is 31. The van der Waals surface area contributed by atoms with E-state index in [9.17, 15) is 47.9 Å². The van der Waals surface area contributed by atoms with Crippen LogP contribution in [0.25, 0.3) is 0 Å². The highest BCUT2D eigenvalue weighted by Crippen LogP contribution is 2.33. The lowest BCUT2D eigenvalue weighted by atomic mass is 9.76. The molecule has 2 heterocycles. The molecular weight excluding hydrogens is 1060 g/mol. The summed E-state index contributed by atoms with van der Waals surface area (Å²) in [5.74, 6) is -6.64. The molecule has 23 heteroatoms. The monoisotopic (exact) mass is 1170 g/mol. The Kier molecular flexibility index (Phi) is 25.6. The van der Waals surface area contributed by atoms with Gasteiger partial charge in [0.15, 0.2) is 11.6 Å². The predicted octanol–water partition coefficient (Wildman–Crippen LogP) is 4.02. The number of amides is 10. The number of oxazole rings is 1. The summed E-state index contributed by atoms with van der Waals surface area (Å²) in [5.41, 5.74) is -4.84. The number of nitrogens with zero attached hydrogens (tertiary/aromatic N) is 3. The van der Waals surface area contributed by atoms with Gasteiger partial charge in [-0.3, -0.25) is 47.9 Å². The molecule has 3 aliphatic rings. The lowest BCUT2D eigenvalue weighted by Crippen LogP contribution is -2.65. The first-order valence-electron chi connectivity index (χ1n) is 30.3. The number of carbonyl (C=O) groups is 10. The SMILES string of the molecule is Cc1nc(C(=O)N2CCC[C@H]2NC(=O)[C@@H](CCC2CCCCC2)C(=O)N[C@@H](CC(C)C)C(=O)NC(C)(C)C(=O)N[C@@H](CC(C)C)C(=O)N[C@@H](CC(C)C)C(=O)NC(C)(C)C(=O)NC(C)(C)C(=O)NCCC(=O)NC2(CN(C)C)CCC2)co1. The van der Waals surface area contributed by atoms with Gasteiger partial charge < -0.3 is 62.1 Å². The highest BCUT2D eigenvalue weighted by atomic mass is 16.3. The Bertz CT molecular complexity index is 2420. The van der Waals surface area contributed by atoms with E-state index in [4.69, 9.17) is 4.42 Å². The number of likely N-dealkylation sites (tertiary alicyclic amines) is 1. The second-order valence-corrected chi connectivity index (χ2v) is 26.8. The Hall–Kier alpha value is -6.13. The van der Waals surface area contributed by atoms with Crippen LogP contribution in [0.1, 0.15) is 202 Å². The highest BCUT2D eigenvalue weighted by Gasteiger charge is 2.43. The molecule has 1 aliphatic heterocycles. The number of hydrogen-bond acceptors (Lipinski definition) is 13. The zero-order valence-corrected chi connectivity index (χ0v) is 52.5. The lowest BCUT2D eigenvalue weighted by Gasteiger charge is -2.44. The molecule has 83 heavy (non-hydrogen) atoms. The standard InChI is InChI=1S/C60H102N12O11/c1-36(2)31-42(50(76)64-44(33-38(5)6)52(78)69-59(12,13)56(82)70-57(8,9)54(80)61-29-26-47(73)67-60(27-20-28-60)35-71(14)15)65-55(81)58(10,11)68-51(77)43(32-37(3)4)63-48(74)41(25-24-40-21-17-16-18-22-40)49(75)66-46-23-19-30-72(46)53(79)45-34-83-39(7)62-45/h34,36-38,40-44,46H,16-33,35H2,1-15H3,(H,61,80)(H,63,74)(H,64,76)(H,65,81)(H,66,75)(H,67,73)(H,68,77)(H,69,78)(H,70,82)/t41-,42-,43-,44-,46-/m0/s1. The van der Waals surface area contributed by atoms with E-state index in [0.29, 0.717) is 37.6 Å². The van der Waals surface area contributed by atoms with Crippen molar-refractivity contribution in [1.29, 1.82) is 0 Å². The lowest BCUT2D eigenvalue weighted by molar-refractivity contribution is -0.140. The van der Waals surface area contributed by atoms with Gasteiger partial charge in [0.25, 0.3) is 5.91 Å². The van der Waals surface area contributed by atoms with Crippen molar-refractivity contribution in [2.24, 2.45) is 29.6 Å². The molecule has 0 unspecified atom stereocenters. The van der Waals surface area contributed by atoms with Crippen molar-refractivity contribution < 1.29 is 52.4 Å². The molecule has 1 aromatic rings. The second-order valence-electron chi connectivity index (χ2n) is 26.8. The van der Waals surface area contributed by atoms with Crippen LogP contribution in [0, 0.1) is 36.5 Å². The Morgan fingerprint density at radius 2 is 1.18 bits per heavy atom. The van der Waals surface area contributed by atoms with Crippen LogP contribution in [0.4, 0.5) is 0 Å². The van der Waals surface area contributed by atoms with Crippen LogP contribution in [-0.2, 0) is 43.2 Å². The number of likely N-dealkylation sites (N-methyl/N-ethyl adjacent to an activating group) is 1. The third-order valence-corrected chi connectivity index (χ3v) is 15.9. The van der Waals surface area contributed by atoms with Gasteiger partial charge in [0.2, 0.25) is 53.2 Å². The van der Waals surface area contributed by atoms with Crippen LogP contribution >= 0.6 is 0 Å². The van der Waals surface area contributed by atoms with Crippen molar-refractivity contribution >= 4 is 59.1 Å². The van der Waals surface area contributed by atoms with Crippen LogP contribution in [-0.4, -0.2) is 154 Å². The second kappa shape index (κ2) is 30.6. The summed E-state index contributed by atoms with van der Waals surface area (Å²) >= 11 is 0. The fourth-order valence-corrected chi connectivity index (χ4v) is 11.1. The number of aromatic nitrogens is 1. The third-order valence-electron chi connectivity index (χ3n) is 15.9. The Morgan fingerprint density at radius 3 is 1.69 bits per heavy atom. The van der Waals surface area contributed by atoms with Gasteiger partial charge in [0.05, 0.1) is 5.54 Å². The summed E-state index contributed by atoms with van der Waals surface area (Å²) in [6, 6.07) is -3.51. The summed E-state index contributed by atoms with van der Waals surface area (Å²) < 4.78 is 5.27. The van der Waals surface area contributed by atoms with Crippen LogP contribution < -0.4 is 47.9 Å². The van der Waals surface area contributed by atoms with Crippen LogP contribution in [0.2, 0.25) is 0 Å². The molecule has 5 atom stereocenters. The summed E-state index contributed by atoms with van der Waals surface area (Å²) in [4.78, 5) is 147. The molecule has 3 fully saturated rings. The average Bonchev–Trinajstić information content (AvgIpc) is 4.24. The quantitative estimate of drug-likeness (QED) is 0.0475. The molecule has 2 aliphatic carbocycles. The van der Waals surface area contributed by atoms with E-state index in [0.717, 1.165) is 57.9 Å². The van der Waals surface area contributed by atoms with Crippen molar-refractivity contribution in [2.75, 3.05) is 33.7 Å². The molecule has 0 spiro atoms. The number of nitrogens with one attached hydrogen (secondary N) is 9. The first kappa shape index (κ1) is 69.4. The van der Waals surface area contributed by atoms with Gasteiger partial charge in [0, 0.05) is 33.0 Å². The molecule has 23 nitrogen and oxygen atoms in total. The predicted molar refractivity (Wildman–Crippen MR) is 314 cm³/mol. The Labute approximate surface area is 492 Å². The van der Waals surface area contributed by atoms with Gasteiger partial charge in [-0.25, -0.2) is 4.98 Å². The Morgan fingerprint density at radius 1 is 0.651 bits per heavy atom. The van der Waals surface area contributed by atoms with Crippen molar-refractivity contribution in [2.45, 2.75) is 239 Å². The number of hydrogen-bond donors (Lipinski definition) is 9. The van der Waals surface area contributed by atoms with Gasteiger partial charge in [-0.2, -0.15) is 0 Å². The van der Waals surface area contributed by atoms with Gasteiger partial charge in [-0.15, -0.1) is 0 Å². The number of aryl methyl sites for hydroxylation is 1. The van der Waals surface area contributed by atoms with E-state index in [1.807, 2.05) is 60.5 Å². The molecule has 468 valence electrons. The molecule has 10 amide bonds. The summed E-state index contributed by atoms with van der Waals surface area (Å²) in [5, 5.41) is 25.5. The van der Waals surface area contributed by atoms with Crippen molar-refractivity contribution in [3.63, 3.8) is 0 Å². The first-order chi connectivity index (χ1) is 38.6. The normalized spacial score (nSPS) is 18.1. The van der Waals surface area contributed by atoms with E-state index in [1.54, 1.807) is 6.92 Å². The molecule has 2 saturated carbocycles. The average molecular weight is 1170 g/mol. The van der Waals surface area contributed by atoms with Gasteiger partial charge >= 0.3 is 0 Å². The minimum atomic E-state index is -1.65. The fraction of sp³-hybridized carbons (Fsp3) is 0.783. The summed E-state index contributed by atoms with van der Waals surface area (Å²) in [6.45, 7) is 22.9. The highest BCUT2D eigenvalue weighted by molar-refractivity contribution is 6.03. The Balaban J connectivity index is 1.41. The minimum Gasteiger partial charge on any atom is -0.448 e. The molecule has 4 rings (SSSR count). The van der Waals surface area contributed by atoms with Gasteiger partial charge in [-0.1, -0.05) is 73.6 Å². The van der Waals surface area contributed by atoms with Crippen LogP contribution in [0.5, 0.6) is 0 Å². The van der Waals surface area contributed by atoms with E-state index in [1.165, 1.54) is 52.7 Å². The zero-order chi connectivity index (χ0) is 62.2. The molecule has 1 aromatic heterocycles. The van der Waals surface area contributed by atoms with Gasteiger partial charge in [0.1, 0.15) is 53.1 Å².